The fraction of sp³-hybridized carbons (Fsp3) is 0. The number of fused-ring (bicyclic) bond motifs is 2. The van der Waals surface area contributed by atoms with Crippen LogP contribution in [-0.2, 0) is 0 Å². The van der Waals surface area contributed by atoms with E-state index in [-0.39, 0.29) is 0 Å². The summed E-state index contributed by atoms with van der Waals surface area (Å²) in [4.78, 5) is 8.80. The molecular weight excluding hydrogens is 316 g/mol. The predicted molar refractivity (Wildman–Crippen MR) is 87.9 cm³/mol. The molecule has 22 heavy (non-hydrogen) atoms. The van der Waals surface area contributed by atoms with E-state index in [0.29, 0.717) is 10.4 Å². The van der Waals surface area contributed by atoms with Crippen molar-refractivity contribution >= 4 is 45.9 Å². The van der Waals surface area contributed by atoms with E-state index in [1.165, 1.54) is 21.6 Å². The highest BCUT2D eigenvalue weighted by Gasteiger charge is 2.15. The number of aromatic nitrogens is 2. The fourth-order valence-corrected chi connectivity index (χ4v) is 3.39. The smallest absolute Gasteiger partial charge is 0.268 e. The second-order valence-corrected chi connectivity index (χ2v) is 6.33. The molecule has 4 rings (SSSR count). The number of rotatable bonds is 3. The molecule has 0 fully saturated rings. The van der Waals surface area contributed by atoms with Crippen LogP contribution in [0.3, 0.4) is 0 Å². The van der Waals surface area contributed by atoms with Crippen LogP contribution < -0.4 is 0 Å². The molecule has 0 radical (unpaired) electrons. The Labute approximate surface area is 134 Å². The van der Waals surface area contributed by atoms with Crippen LogP contribution in [0.15, 0.2) is 55.0 Å². The van der Waals surface area contributed by atoms with E-state index >= 15 is 0 Å². The zero-order chi connectivity index (χ0) is 14.8. The molecule has 0 spiro atoms. The first-order valence-electron chi connectivity index (χ1n) is 6.43. The zero-order valence-corrected chi connectivity index (χ0v) is 12.8. The van der Waals surface area contributed by atoms with Crippen LogP contribution in [0.2, 0.25) is 0 Å². The average Bonchev–Trinajstić information content (AvgIpc) is 2.94. The minimum atomic E-state index is 0.555. The molecule has 0 aliphatic heterocycles. The third kappa shape index (κ3) is 2.69. The van der Waals surface area contributed by atoms with Gasteiger partial charge in [0.25, 0.3) is 10.4 Å². The van der Waals surface area contributed by atoms with E-state index in [9.17, 15) is 0 Å². The maximum Gasteiger partial charge on any atom is 0.268 e. The van der Waals surface area contributed by atoms with Crippen LogP contribution in [0.4, 0.5) is 0 Å². The first kappa shape index (κ1) is 13.3. The molecule has 0 atom stereocenters. The van der Waals surface area contributed by atoms with Crippen molar-refractivity contribution < 1.29 is 8.83 Å². The van der Waals surface area contributed by atoms with Crippen molar-refractivity contribution in [2.45, 2.75) is 10.4 Å². The number of oxazole rings is 2. The van der Waals surface area contributed by atoms with Gasteiger partial charge in [-0.25, -0.2) is 9.97 Å². The Hall–Kier alpha value is -2.36. The minimum Gasteiger partial charge on any atom is -0.431 e. The van der Waals surface area contributed by atoms with E-state index in [1.54, 1.807) is 12.2 Å². The molecular formula is C16H8N2O2S2. The minimum absolute atomic E-state index is 0.555. The molecule has 4 nitrogen and oxygen atoms in total. The largest absolute Gasteiger partial charge is 0.431 e. The molecule has 0 saturated carbocycles. The Morgan fingerprint density at radius 2 is 1.27 bits per heavy atom. The van der Waals surface area contributed by atoms with Gasteiger partial charge in [0, 0.05) is 33.7 Å². The Bertz CT molecular complexity index is 842. The summed E-state index contributed by atoms with van der Waals surface area (Å²) in [5, 5.41) is 1.11. The highest BCUT2D eigenvalue weighted by atomic mass is 33.1. The molecule has 2 aromatic rings. The third-order valence-electron chi connectivity index (χ3n) is 2.83. The molecule has 2 aliphatic carbocycles. The lowest BCUT2D eigenvalue weighted by Gasteiger charge is -1.90. The number of hydrogen-bond donors (Lipinski definition) is 0. The van der Waals surface area contributed by atoms with Crippen LogP contribution in [0.5, 0.6) is 0 Å². The van der Waals surface area contributed by atoms with Crippen molar-refractivity contribution in [3.8, 4) is 0 Å². The maximum absolute atomic E-state index is 5.67. The van der Waals surface area contributed by atoms with Gasteiger partial charge in [0.05, 0.1) is 0 Å². The van der Waals surface area contributed by atoms with Gasteiger partial charge in [-0.05, 0) is 24.3 Å². The van der Waals surface area contributed by atoms with Gasteiger partial charge in [-0.2, -0.15) is 0 Å². The van der Waals surface area contributed by atoms with Crippen molar-refractivity contribution in [3.63, 3.8) is 0 Å². The van der Waals surface area contributed by atoms with Gasteiger partial charge in [-0.15, -0.1) is 11.5 Å². The van der Waals surface area contributed by atoms with Crippen molar-refractivity contribution in [1.29, 1.82) is 0 Å². The number of hydrogen-bond acceptors (Lipinski definition) is 6. The third-order valence-corrected chi connectivity index (χ3v) is 4.65. The van der Waals surface area contributed by atoms with Gasteiger partial charge in [-0.3, -0.25) is 0 Å². The van der Waals surface area contributed by atoms with E-state index in [0.717, 1.165) is 22.9 Å². The van der Waals surface area contributed by atoms with Gasteiger partial charge in [0.15, 0.2) is 11.5 Å². The highest BCUT2D eigenvalue weighted by molar-refractivity contribution is 8.76. The lowest BCUT2D eigenvalue weighted by Crippen LogP contribution is -1.73. The van der Waals surface area contributed by atoms with Crippen LogP contribution >= 0.6 is 21.6 Å². The predicted octanol–water partition coefficient (Wildman–Crippen LogP) is 4.85. The maximum atomic E-state index is 5.67. The van der Waals surface area contributed by atoms with Crippen molar-refractivity contribution in [2.24, 2.45) is 0 Å². The summed E-state index contributed by atoms with van der Waals surface area (Å²) in [5.41, 5.74) is 7.54. The summed E-state index contributed by atoms with van der Waals surface area (Å²) >= 11 is 0. The molecule has 106 valence electrons. The zero-order valence-electron chi connectivity index (χ0n) is 11.1. The van der Waals surface area contributed by atoms with Crippen LogP contribution in [0.25, 0.3) is 24.3 Å². The van der Waals surface area contributed by atoms with E-state index < -0.39 is 0 Å². The van der Waals surface area contributed by atoms with Crippen molar-refractivity contribution in [3.05, 3.63) is 58.7 Å². The molecule has 0 N–H and O–H groups in total. The van der Waals surface area contributed by atoms with Crippen LogP contribution in [0.1, 0.15) is 22.9 Å². The molecule has 0 aromatic carbocycles. The molecule has 0 bridgehead atoms. The number of nitrogens with zero attached hydrogens (tertiary/aromatic N) is 2. The van der Waals surface area contributed by atoms with E-state index in [1.807, 2.05) is 36.5 Å². The Morgan fingerprint density at radius 3 is 1.77 bits per heavy atom. The summed E-state index contributed by atoms with van der Waals surface area (Å²) in [6.45, 7) is 0. The molecule has 0 saturated heterocycles. The van der Waals surface area contributed by atoms with Gasteiger partial charge in [0.2, 0.25) is 0 Å². The Morgan fingerprint density at radius 1 is 0.773 bits per heavy atom. The summed E-state index contributed by atoms with van der Waals surface area (Å²) in [7, 11) is 2.73. The summed E-state index contributed by atoms with van der Waals surface area (Å²) in [6, 6.07) is 0. The monoisotopic (exact) mass is 324 g/mol. The van der Waals surface area contributed by atoms with Gasteiger partial charge < -0.3 is 8.83 Å². The Kier molecular flexibility index (Phi) is 3.51. The molecule has 0 amide bonds. The lowest BCUT2D eigenvalue weighted by molar-refractivity contribution is 0.445. The fourth-order valence-electron chi connectivity index (χ4n) is 1.87. The summed E-state index contributed by atoms with van der Waals surface area (Å²) < 4.78 is 11.3. The standard InChI is InChI=1S/C16H8N2O2S2/c1-3-7-11-13(9-5-1)19-15(17-11)21-22-16-18-12-8-4-2-6-10-14(12)20-16/h1-2,5-10H. The van der Waals surface area contributed by atoms with Gasteiger partial charge >= 0.3 is 0 Å². The molecule has 2 aromatic heterocycles. The first-order chi connectivity index (χ1) is 10.9. The summed E-state index contributed by atoms with van der Waals surface area (Å²) in [5.74, 6) is 1.45. The van der Waals surface area contributed by atoms with Crippen LogP contribution in [0, 0.1) is 0 Å². The SMILES string of the molecule is C1=CC=Cc2oc(SSc3nc4c(o3)C=CC=C=C4)nc2C=1. The van der Waals surface area contributed by atoms with E-state index in [4.69, 9.17) is 8.83 Å². The molecule has 2 heterocycles. The molecule has 6 heteroatoms. The van der Waals surface area contributed by atoms with Gasteiger partial charge in [-0.1, -0.05) is 12.2 Å². The molecule has 2 aliphatic rings. The number of allylic oxidation sites excluding steroid dienone is 4. The van der Waals surface area contributed by atoms with Gasteiger partial charge in [0.1, 0.15) is 11.4 Å². The average molecular weight is 324 g/mol. The topological polar surface area (TPSA) is 52.1 Å². The second-order valence-electron chi connectivity index (χ2n) is 4.30. The quantitative estimate of drug-likeness (QED) is 0.594. The normalized spacial score (nSPS) is 14.0. The first-order valence-corrected chi connectivity index (χ1v) is 8.58. The van der Waals surface area contributed by atoms with E-state index in [2.05, 4.69) is 21.4 Å². The highest BCUT2D eigenvalue weighted by Crippen LogP contribution is 2.38. The van der Waals surface area contributed by atoms with Crippen molar-refractivity contribution in [1.82, 2.24) is 9.97 Å². The molecule has 0 unspecified atom stereocenters. The lowest BCUT2D eigenvalue weighted by atomic mass is 10.3. The van der Waals surface area contributed by atoms with Crippen molar-refractivity contribution in [2.75, 3.05) is 0 Å². The summed E-state index contributed by atoms with van der Waals surface area (Å²) in [6.07, 6.45) is 14.7. The second kappa shape index (κ2) is 5.79. The Balaban J connectivity index is 1.52. The van der Waals surface area contributed by atoms with Crippen LogP contribution in [-0.4, -0.2) is 9.97 Å².